The van der Waals surface area contributed by atoms with Crippen molar-refractivity contribution in [2.75, 3.05) is 0 Å². The van der Waals surface area contributed by atoms with Crippen molar-refractivity contribution >= 4 is 11.9 Å². The van der Waals surface area contributed by atoms with Crippen LogP contribution in [-0.4, -0.2) is 11.9 Å². The van der Waals surface area contributed by atoms with Gasteiger partial charge in [0.2, 0.25) is 0 Å². The van der Waals surface area contributed by atoms with Crippen molar-refractivity contribution in [3.8, 4) is 0 Å². The maximum Gasteiger partial charge on any atom is 2.00 e. The number of benzene rings is 2. The maximum atomic E-state index is 10.2. The molecule has 2 rings (SSSR count). The van der Waals surface area contributed by atoms with Crippen LogP contribution < -0.4 is 10.2 Å². The van der Waals surface area contributed by atoms with E-state index in [0.29, 0.717) is 0 Å². The molecule has 4 nitrogen and oxygen atoms in total. The molecule has 5 heteroatoms. The summed E-state index contributed by atoms with van der Waals surface area (Å²) in [5, 5.41) is 20.4. The molecule has 0 aliphatic carbocycles. The van der Waals surface area contributed by atoms with Crippen molar-refractivity contribution < 1.29 is 40.2 Å². The van der Waals surface area contributed by atoms with Crippen molar-refractivity contribution in [3.63, 3.8) is 0 Å². The summed E-state index contributed by atoms with van der Waals surface area (Å²) in [5.74, 6) is -2.25. The molecule has 0 aliphatic heterocycles. The minimum absolute atomic E-state index is 0. The van der Waals surface area contributed by atoms with Gasteiger partial charge in [-0.15, -0.1) is 0 Å². The van der Waals surface area contributed by atoms with Crippen LogP contribution in [0.2, 0.25) is 0 Å². The van der Waals surface area contributed by atoms with Gasteiger partial charge in [-0.1, -0.05) is 59.7 Å². The van der Waals surface area contributed by atoms with E-state index in [1.807, 2.05) is 13.8 Å². The molecule has 0 aliphatic rings. The molecular formula is C16H14O4Pd. The molecule has 0 bridgehead atoms. The number of carboxylic acid groups (broad SMARTS) is 2. The summed E-state index contributed by atoms with van der Waals surface area (Å²) in [6.45, 7) is 3.80. The molecule has 112 valence electrons. The maximum absolute atomic E-state index is 10.2. The van der Waals surface area contributed by atoms with Gasteiger partial charge in [-0.2, -0.15) is 0 Å². The fourth-order valence-corrected chi connectivity index (χ4v) is 1.38. The van der Waals surface area contributed by atoms with Crippen molar-refractivity contribution in [1.82, 2.24) is 0 Å². The number of aromatic carboxylic acids is 2. The van der Waals surface area contributed by atoms with E-state index in [9.17, 15) is 19.8 Å². The third-order valence-corrected chi connectivity index (χ3v) is 2.57. The van der Waals surface area contributed by atoms with Crippen LogP contribution in [0.1, 0.15) is 31.8 Å². The number of rotatable bonds is 2. The standard InChI is InChI=1S/2C8H8O2.Pd/c2*1-6-2-4-7(5-3-6)8(9)10;/h2*2-5H,1H3,(H,9,10);/q;;+2/p-2. The van der Waals surface area contributed by atoms with Gasteiger partial charge in [0, 0.05) is 0 Å². The topological polar surface area (TPSA) is 80.3 Å². The Bertz CT molecular complexity index is 533. The number of carboxylic acids is 2. The van der Waals surface area contributed by atoms with Crippen molar-refractivity contribution in [3.05, 3.63) is 70.8 Å². The predicted molar refractivity (Wildman–Crippen MR) is 71.0 cm³/mol. The Morgan fingerprint density at radius 2 is 0.905 bits per heavy atom. The Kier molecular flexibility index (Phi) is 8.22. The number of hydrogen-bond acceptors (Lipinski definition) is 4. The fourth-order valence-electron chi connectivity index (χ4n) is 1.38. The van der Waals surface area contributed by atoms with Crippen LogP contribution >= 0.6 is 0 Å². The Morgan fingerprint density at radius 1 is 0.667 bits per heavy atom. The minimum atomic E-state index is -1.12. The molecule has 0 spiro atoms. The van der Waals surface area contributed by atoms with Gasteiger partial charge in [-0.3, -0.25) is 0 Å². The smallest absolute Gasteiger partial charge is 0.545 e. The average molecular weight is 377 g/mol. The molecule has 2 aromatic rings. The fraction of sp³-hybridized carbons (Fsp3) is 0.125. The molecule has 0 radical (unpaired) electrons. The van der Waals surface area contributed by atoms with Gasteiger partial charge < -0.3 is 19.8 Å². The first-order valence-electron chi connectivity index (χ1n) is 5.96. The van der Waals surface area contributed by atoms with Gasteiger partial charge in [0.05, 0.1) is 11.9 Å². The van der Waals surface area contributed by atoms with Crippen LogP contribution in [-0.2, 0) is 20.4 Å². The molecular weight excluding hydrogens is 363 g/mol. The van der Waals surface area contributed by atoms with Crippen LogP contribution in [0.25, 0.3) is 0 Å². The van der Waals surface area contributed by atoms with Crippen LogP contribution in [0.15, 0.2) is 48.5 Å². The molecule has 0 N–H and O–H groups in total. The molecule has 21 heavy (non-hydrogen) atoms. The largest absolute Gasteiger partial charge is 2.00 e. The second-order valence-corrected chi connectivity index (χ2v) is 4.31. The summed E-state index contributed by atoms with van der Waals surface area (Å²) < 4.78 is 0. The molecule has 0 saturated carbocycles. The zero-order chi connectivity index (χ0) is 15.1. The summed E-state index contributed by atoms with van der Waals surface area (Å²) in [6, 6.07) is 13.1. The Morgan fingerprint density at radius 3 is 1.10 bits per heavy atom. The normalized spacial score (nSPS) is 8.86. The van der Waals surface area contributed by atoms with Crippen LogP contribution in [0.4, 0.5) is 0 Å². The zero-order valence-corrected chi connectivity index (χ0v) is 13.1. The Hall–Kier alpha value is -1.96. The number of hydrogen-bond donors (Lipinski definition) is 0. The summed E-state index contributed by atoms with van der Waals surface area (Å²) in [7, 11) is 0. The summed E-state index contributed by atoms with van der Waals surface area (Å²) in [5.41, 5.74) is 2.55. The van der Waals surface area contributed by atoms with E-state index in [4.69, 9.17) is 0 Å². The Balaban J connectivity index is 0.000000364. The van der Waals surface area contributed by atoms with E-state index in [2.05, 4.69) is 0 Å². The second kappa shape index (κ2) is 9.07. The van der Waals surface area contributed by atoms with Crippen LogP contribution in [0, 0.1) is 13.8 Å². The van der Waals surface area contributed by atoms with Gasteiger partial charge >= 0.3 is 20.4 Å². The summed E-state index contributed by atoms with van der Waals surface area (Å²) >= 11 is 0. The third-order valence-electron chi connectivity index (χ3n) is 2.57. The van der Waals surface area contributed by atoms with E-state index in [1.165, 1.54) is 24.3 Å². The monoisotopic (exact) mass is 376 g/mol. The Labute approximate surface area is 137 Å². The van der Waals surface area contributed by atoms with Crippen molar-refractivity contribution in [2.24, 2.45) is 0 Å². The molecule has 2 aromatic carbocycles. The molecule has 0 amide bonds. The zero-order valence-electron chi connectivity index (χ0n) is 11.6. The van der Waals surface area contributed by atoms with Crippen molar-refractivity contribution in [2.45, 2.75) is 13.8 Å². The molecule has 0 unspecified atom stereocenters. The van der Waals surface area contributed by atoms with Crippen LogP contribution in [0.5, 0.6) is 0 Å². The van der Waals surface area contributed by atoms with E-state index in [1.54, 1.807) is 24.3 Å². The van der Waals surface area contributed by atoms with E-state index < -0.39 is 11.9 Å². The van der Waals surface area contributed by atoms with Gasteiger partial charge in [-0.05, 0) is 25.0 Å². The van der Waals surface area contributed by atoms with E-state index >= 15 is 0 Å². The number of aryl methyl sites for hydroxylation is 2. The molecule has 0 atom stereocenters. The van der Waals surface area contributed by atoms with Gasteiger partial charge in [0.25, 0.3) is 0 Å². The third kappa shape index (κ3) is 6.85. The molecule has 0 saturated heterocycles. The first kappa shape index (κ1) is 19.0. The first-order chi connectivity index (χ1) is 9.40. The molecule has 0 aromatic heterocycles. The van der Waals surface area contributed by atoms with E-state index in [-0.39, 0.29) is 31.5 Å². The summed E-state index contributed by atoms with van der Waals surface area (Å²) in [4.78, 5) is 20.4. The van der Waals surface area contributed by atoms with Crippen molar-refractivity contribution in [1.29, 1.82) is 0 Å². The summed E-state index contributed by atoms with van der Waals surface area (Å²) in [6.07, 6.45) is 0. The van der Waals surface area contributed by atoms with Gasteiger partial charge in [-0.25, -0.2) is 0 Å². The second-order valence-electron chi connectivity index (χ2n) is 4.31. The quantitative estimate of drug-likeness (QED) is 0.723. The van der Waals surface area contributed by atoms with Crippen LogP contribution in [0.3, 0.4) is 0 Å². The molecule has 0 fully saturated rings. The van der Waals surface area contributed by atoms with E-state index in [0.717, 1.165) is 11.1 Å². The number of carbonyl (C=O) groups is 2. The first-order valence-corrected chi connectivity index (χ1v) is 5.96. The average Bonchev–Trinajstić information content (AvgIpc) is 2.40. The molecule has 0 heterocycles. The SMILES string of the molecule is Cc1ccc(C(=O)[O-])cc1.Cc1ccc(C(=O)[O-])cc1.[Pd+2]. The minimum Gasteiger partial charge on any atom is -0.545 e. The predicted octanol–water partition coefficient (Wildman–Crippen LogP) is 0.715. The number of carbonyl (C=O) groups excluding carboxylic acids is 2. The van der Waals surface area contributed by atoms with Gasteiger partial charge in [0.15, 0.2) is 0 Å². The van der Waals surface area contributed by atoms with Gasteiger partial charge in [0.1, 0.15) is 0 Å².